The number of hydrogen-bond donors (Lipinski definition) is 2. The third kappa shape index (κ3) is 6.05. The predicted molar refractivity (Wildman–Crippen MR) is 115 cm³/mol. The van der Waals surface area contributed by atoms with Crippen LogP contribution < -0.4 is 14.9 Å². The maximum absolute atomic E-state index is 13.1. The van der Waals surface area contributed by atoms with Crippen molar-refractivity contribution in [2.24, 2.45) is 0 Å². The van der Waals surface area contributed by atoms with Crippen LogP contribution in [0.15, 0.2) is 59.5 Å². The van der Waals surface area contributed by atoms with Crippen molar-refractivity contribution >= 4 is 33.6 Å². The van der Waals surface area contributed by atoms with E-state index in [1.165, 1.54) is 35.5 Å². The normalized spacial score (nSPS) is 11.8. The molecular weight excluding hydrogens is 422 g/mol. The number of amides is 3. The number of benzene rings is 2. The summed E-state index contributed by atoms with van der Waals surface area (Å²) in [4.78, 5) is 35.7. The van der Waals surface area contributed by atoms with Crippen LogP contribution in [0.25, 0.3) is 0 Å². The summed E-state index contributed by atoms with van der Waals surface area (Å²) >= 11 is 0. The van der Waals surface area contributed by atoms with E-state index in [4.69, 9.17) is 4.74 Å². The van der Waals surface area contributed by atoms with Crippen LogP contribution in [0, 0.1) is 0 Å². The molecule has 3 amide bonds. The Morgan fingerprint density at radius 2 is 1.71 bits per heavy atom. The molecule has 2 aromatic rings. The van der Waals surface area contributed by atoms with E-state index in [1.54, 1.807) is 44.2 Å². The molecule has 166 valence electrons. The van der Waals surface area contributed by atoms with Crippen molar-refractivity contribution in [3.63, 3.8) is 0 Å². The minimum atomic E-state index is -3.93. The van der Waals surface area contributed by atoms with E-state index in [0.717, 1.165) is 0 Å². The lowest BCUT2D eigenvalue weighted by atomic mass is 10.2. The van der Waals surface area contributed by atoms with Gasteiger partial charge in [0.2, 0.25) is 0 Å². The zero-order chi connectivity index (χ0) is 23.0. The van der Waals surface area contributed by atoms with Crippen LogP contribution in [0.2, 0.25) is 0 Å². The Labute approximate surface area is 181 Å². The predicted octanol–water partition coefficient (Wildman–Crippen LogP) is 2.29. The molecule has 2 rings (SSSR count). The highest BCUT2D eigenvalue weighted by molar-refractivity contribution is 7.92. The highest BCUT2D eigenvalue weighted by atomic mass is 32.2. The standard InChI is InChI=1S/C21H25N3O6S/c1-4-22-21(27)23-19(25)15(3)30-20(26)16-10-9-13-18(14-16)31(28,29)24(5-2)17-11-7-6-8-12-17/h6-15H,4-5H2,1-3H3,(H2,22,23,25,27). The number of nitrogens with zero attached hydrogens (tertiary/aromatic N) is 1. The van der Waals surface area contributed by atoms with Crippen molar-refractivity contribution in [3.8, 4) is 0 Å². The highest BCUT2D eigenvalue weighted by Crippen LogP contribution is 2.24. The van der Waals surface area contributed by atoms with Gasteiger partial charge in [-0.2, -0.15) is 0 Å². The van der Waals surface area contributed by atoms with Gasteiger partial charge in [-0.15, -0.1) is 0 Å². The smallest absolute Gasteiger partial charge is 0.338 e. The summed E-state index contributed by atoms with van der Waals surface area (Å²) in [5.41, 5.74) is 0.455. The molecule has 2 aromatic carbocycles. The second kappa shape index (κ2) is 10.6. The molecule has 1 unspecified atom stereocenters. The van der Waals surface area contributed by atoms with Crippen LogP contribution >= 0.6 is 0 Å². The Balaban J connectivity index is 2.19. The first-order valence-electron chi connectivity index (χ1n) is 9.68. The van der Waals surface area contributed by atoms with E-state index >= 15 is 0 Å². The minimum absolute atomic E-state index is 0.0390. The Hall–Kier alpha value is -3.40. The number of carbonyl (C=O) groups excluding carboxylic acids is 3. The van der Waals surface area contributed by atoms with Crippen LogP contribution in [0.4, 0.5) is 10.5 Å². The fourth-order valence-electron chi connectivity index (χ4n) is 2.70. The van der Waals surface area contributed by atoms with Gasteiger partial charge < -0.3 is 10.1 Å². The largest absolute Gasteiger partial charge is 0.449 e. The van der Waals surface area contributed by atoms with E-state index in [9.17, 15) is 22.8 Å². The highest BCUT2D eigenvalue weighted by Gasteiger charge is 2.26. The van der Waals surface area contributed by atoms with Gasteiger partial charge in [0, 0.05) is 13.1 Å². The van der Waals surface area contributed by atoms with Crippen LogP contribution in [0.3, 0.4) is 0 Å². The third-order valence-corrected chi connectivity index (χ3v) is 6.12. The number of esters is 1. The summed E-state index contributed by atoms with van der Waals surface area (Å²) in [6.07, 6.45) is -1.26. The molecule has 31 heavy (non-hydrogen) atoms. The summed E-state index contributed by atoms with van der Waals surface area (Å²) in [5, 5.41) is 4.43. The topological polar surface area (TPSA) is 122 Å². The number of sulfonamides is 1. The zero-order valence-electron chi connectivity index (χ0n) is 17.5. The lowest BCUT2D eigenvalue weighted by Gasteiger charge is -2.23. The number of para-hydroxylation sites is 1. The first-order chi connectivity index (χ1) is 14.7. The van der Waals surface area contributed by atoms with Crippen LogP contribution in [0.1, 0.15) is 31.1 Å². The van der Waals surface area contributed by atoms with E-state index in [0.29, 0.717) is 12.2 Å². The first kappa shape index (κ1) is 23.9. The number of imide groups is 1. The number of rotatable bonds is 8. The molecule has 0 bridgehead atoms. The average Bonchev–Trinajstić information content (AvgIpc) is 2.75. The SMILES string of the molecule is CCNC(=O)NC(=O)C(C)OC(=O)c1cccc(S(=O)(=O)N(CC)c2ccccc2)c1. The quantitative estimate of drug-likeness (QED) is 0.599. The Kier molecular flexibility index (Phi) is 8.14. The molecule has 0 aliphatic carbocycles. The van der Waals surface area contributed by atoms with E-state index in [2.05, 4.69) is 5.32 Å². The molecule has 9 nitrogen and oxygen atoms in total. The second-order valence-corrected chi connectivity index (χ2v) is 8.29. The number of hydrogen-bond acceptors (Lipinski definition) is 6. The molecule has 0 saturated heterocycles. The monoisotopic (exact) mass is 447 g/mol. The Morgan fingerprint density at radius 3 is 2.32 bits per heavy atom. The summed E-state index contributed by atoms with van der Waals surface area (Å²) in [6, 6.07) is 13.3. The molecule has 1 atom stereocenters. The summed E-state index contributed by atoms with van der Waals surface area (Å²) in [6.45, 7) is 5.22. The van der Waals surface area contributed by atoms with E-state index < -0.39 is 34.0 Å². The lowest BCUT2D eigenvalue weighted by Crippen LogP contribution is -2.44. The van der Waals surface area contributed by atoms with Gasteiger partial charge in [-0.3, -0.25) is 14.4 Å². The second-order valence-electron chi connectivity index (χ2n) is 6.43. The third-order valence-electron chi connectivity index (χ3n) is 4.22. The summed E-state index contributed by atoms with van der Waals surface area (Å²) in [7, 11) is -3.93. The van der Waals surface area contributed by atoms with Gasteiger partial charge in [-0.1, -0.05) is 24.3 Å². The molecular formula is C21H25N3O6S. The molecule has 0 radical (unpaired) electrons. The molecule has 2 N–H and O–H groups in total. The van der Waals surface area contributed by atoms with Crippen LogP contribution in [0.5, 0.6) is 0 Å². The minimum Gasteiger partial charge on any atom is -0.449 e. The summed E-state index contributed by atoms with van der Waals surface area (Å²) < 4.78 is 32.5. The van der Waals surface area contributed by atoms with Gasteiger partial charge in [0.15, 0.2) is 6.10 Å². The van der Waals surface area contributed by atoms with Crippen molar-refractivity contribution in [3.05, 3.63) is 60.2 Å². The van der Waals surface area contributed by atoms with Gasteiger partial charge in [0.1, 0.15) is 0 Å². The average molecular weight is 448 g/mol. The Bertz CT molecular complexity index is 1040. The van der Waals surface area contributed by atoms with Crippen molar-refractivity contribution in [1.29, 1.82) is 0 Å². The molecule has 0 aromatic heterocycles. The van der Waals surface area contributed by atoms with Crippen molar-refractivity contribution < 1.29 is 27.5 Å². The molecule has 10 heteroatoms. The molecule has 0 saturated carbocycles. The number of nitrogens with one attached hydrogen (secondary N) is 2. The number of urea groups is 1. The van der Waals surface area contributed by atoms with Crippen molar-refractivity contribution in [1.82, 2.24) is 10.6 Å². The fourth-order valence-corrected chi connectivity index (χ4v) is 4.22. The number of anilines is 1. The van der Waals surface area contributed by atoms with Gasteiger partial charge in [-0.25, -0.2) is 18.0 Å². The molecule has 0 fully saturated rings. The van der Waals surface area contributed by atoms with Crippen LogP contribution in [-0.2, 0) is 19.6 Å². The molecule has 0 aliphatic heterocycles. The van der Waals surface area contributed by atoms with Gasteiger partial charge in [-0.05, 0) is 51.1 Å². The molecule has 0 heterocycles. The van der Waals surface area contributed by atoms with Gasteiger partial charge >= 0.3 is 12.0 Å². The van der Waals surface area contributed by atoms with Crippen molar-refractivity contribution in [2.45, 2.75) is 31.8 Å². The zero-order valence-corrected chi connectivity index (χ0v) is 18.3. The Morgan fingerprint density at radius 1 is 1.03 bits per heavy atom. The van der Waals surface area contributed by atoms with Gasteiger partial charge in [0.05, 0.1) is 16.1 Å². The maximum atomic E-state index is 13.1. The van der Waals surface area contributed by atoms with Crippen LogP contribution in [-0.4, -0.2) is 45.5 Å². The molecule has 0 spiro atoms. The number of carbonyl (C=O) groups is 3. The summed E-state index contributed by atoms with van der Waals surface area (Å²) in [5.74, 6) is -1.69. The molecule has 0 aliphatic rings. The van der Waals surface area contributed by atoms with E-state index in [-0.39, 0.29) is 17.0 Å². The van der Waals surface area contributed by atoms with Crippen molar-refractivity contribution in [2.75, 3.05) is 17.4 Å². The van der Waals surface area contributed by atoms with Gasteiger partial charge in [0.25, 0.3) is 15.9 Å². The maximum Gasteiger partial charge on any atom is 0.338 e. The van der Waals surface area contributed by atoms with E-state index in [1.807, 2.05) is 5.32 Å². The lowest BCUT2D eigenvalue weighted by molar-refractivity contribution is -0.127. The fraction of sp³-hybridized carbons (Fsp3) is 0.286. The number of ether oxygens (including phenoxy) is 1. The first-order valence-corrected chi connectivity index (χ1v) is 11.1.